The predicted molar refractivity (Wildman–Crippen MR) is 86.6 cm³/mol. The number of nitrogens with two attached hydrogens (primary N) is 1. The van der Waals surface area contributed by atoms with Crippen LogP contribution in [0.1, 0.15) is 34.5 Å². The van der Waals surface area contributed by atoms with Crippen molar-refractivity contribution in [3.8, 4) is 5.69 Å². The first-order valence-corrected chi connectivity index (χ1v) is 7.75. The molecule has 122 valence electrons. The summed E-state index contributed by atoms with van der Waals surface area (Å²) in [5, 5.41) is 10.8. The highest BCUT2D eigenvalue weighted by atomic mass is 16.5. The minimum atomic E-state index is -0.325. The van der Waals surface area contributed by atoms with Crippen LogP contribution < -0.4 is 11.1 Å². The Kier molecular flexibility index (Phi) is 4.29. The van der Waals surface area contributed by atoms with Gasteiger partial charge in [-0.1, -0.05) is 22.9 Å². The van der Waals surface area contributed by atoms with Gasteiger partial charge in [-0.05, 0) is 38.3 Å². The van der Waals surface area contributed by atoms with Gasteiger partial charge in [0.1, 0.15) is 0 Å². The first-order valence-electron chi connectivity index (χ1n) is 7.75. The third-order valence-electron chi connectivity index (χ3n) is 4.01. The fourth-order valence-electron chi connectivity index (χ4n) is 2.77. The maximum atomic E-state index is 12.2. The Morgan fingerprint density at radius 3 is 3.00 bits per heavy atom. The zero-order chi connectivity index (χ0) is 16.4. The van der Waals surface area contributed by atoms with Crippen LogP contribution in [-0.2, 0) is 4.74 Å². The van der Waals surface area contributed by atoms with Crippen LogP contribution in [0.3, 0.4) is 0 Å². The standard InChI is InChI=1S/C16H21N5O2/c1-10-5-6-13(11(2)8-10)21-15(17)14(19-20-21)16(22)18-9-12-4-3-7-23-12/h5-6,8,12H,3-4,7,9,17H2,1-2H3,(H,18,22)/t12-/m0/s1. The predicted octanol–water partition coefficient (Wildman–Crippen LogP) is 1.38. The van der Waals surface area contributed by atoms with E-state index in [1.165, 1.54) is 4.68 Å². The largest absolute Gasteiger partial charge is 0.382 e. The highest BCUT2D eigenvalue weighted by Gasteiger charge is 2.21. The number of hydrogen-bond donors (Lipinski definition) is 2. The van der Waals surface area contributed by atoms with Gasteiger partial charge in [0.25, 0.3) is 5.91 Å². The Morgan fingerprint density at radius 1 is 1.48 bits per heavy atom. The zero-order valence-electron chi connectivity index (χ0n) is 13.4. The van der Waals surface area contributed by atoms with Gasteiger partial charge < -0.3 is 15.8 Å². The SMILES string of the molecule is Cc1ccc(-n2nnc(C(=O)NC[C@@H]3CCCO3)c2N)c(C)c1. The Labute approximate surface area is 134 Å². The summed E-state index contributed by atoms with van der Waals surface area (Å²) in [4.78, 5) is 12.2. The number of carbonyl (C=O) groups excluding carboxylic acids is 1. The first-order chi connectivity index (χ1) is 11.1. The van der Waals surface area contributed by atoms with Crippen molar-refractivity contribution in [2.24, 2.45) is 0 Å². The van der Waals surface area contributed by atoms with Crippen LogP contribution in [0.5, 0.6) is 0 Å². The number of nitrogen functional groups attached to an aromatic ring is 1. The molecule has 2 aromatic rings. The van der Waals surface area contributed by atoms with Gasteiger partial charge in [0.2, 0.25) is 0 Å². The minimum Gasteiger partial charge on any atom is -0.382 e. The Hall–Kier alpha value is -2.41. The van der Waals surface area contributed by atoms with E-state index in [4.69, 9.17) is 10.5 Å². The summed E-state index contributed by atoms with van der Waals surface area (Å²) in [6.07, 6.45) is 2.07. The van der Waals surface area contributed by atoms with E-state index in [9.17, 15) is 4.79 Å². The second kappa shape index (κ2) is 6.37. The molecule has 3 rings (SSSR count). The molecule has 1 aromatic carbocycles. The molecule has 23 heavy (non-hydrogen) atoms. The number of aryl methyl sites for hydroxylation is 2. The Morgan fingerprint density at radius 2 is 2.30 bits per heavy atom. The van der Waals surface area contributed by atoms with E-state index in [0.29, 0.717) is 6.54 Å². The summed E-state index contributed by atoms with van der Waals surface area (Å²) in [6.45, 7) is 5.21. The normalized spacial score (nSPS) is 17.4. The molecule has 0 spiro atoms. The molecule has 1 saturated heterocycles. The molecule has 3 N–H and O–H groups in total. The number of aromatic nitrogens is 3. The van der Waals surface area contributed by atoms with Crippen LogP contribution in [0.4, 0.5) is 5.82 Å². The topological polar surface area (TPSA) is 95.1 Å². The van der Waals surface area contributed by atoms with Crippen molar-refractivity contribution in [3.05, 3.63) is 35.0 Å². The van der Waals surface area contributed by atoms with Crippen LogP contribution in [0, 0.1) is 13.8 Å². The van der Waals surface area contributed by atoms with E-state index in [1.54, 1.807) is 0 Å². The van der Waals surface area contributed by atoms with Crippen molar-refractivity contribution in [3.63, 3.8) is 0 Å². The molecule has 2 heterocycles. The maximum Gasteiger partial charge on any atom is 0.275 e. The van der Waals surface area contributed by atoms with Crippen molar-refractivity contribution in [2.75, 3.05) is 18.9 Å². The van der Waals surface area contributed by atoms with Gasteiger partial charge in [-0.15, -0.1) is 5.10 Å². The molecule has 0 saturated carbocycles. The van der Waals surface area contributed by atoms with E-state index in [-0.39, 0.29) is 23.5 Å². The molecule has 1 fully saturated rings. The van der Waals surface area contributed by atoms with Crippen LogP contribution in [0.2, 0.25) is 0 Å². The van der Waals surface area contributed by atoms with Gasteiger partial charge in [0.05, 0.1) is 11.8 Å². The second-order valence-corrected chi connectivity index (χ2v) is 5.87. The van der Waals surface area contributed by atoms with Gasteiger partial charge in [-0.3, -0.25) is 4.79 Å². The summed E-state index contributed by atoms with van der Waals surface area (Å²) >= 11 is 0. The number of hydrogen-bond acceptors (Lipinski definition) is 5. The third kappa shape index (κ3) is 3.19. The second-order valence-electron chi connectivity index (χ2n) is 5.87. The smallest absolute Gasteiger partial charge is 0.275 e. The fraction of sp³-hybridized carbons (Fsp3) is 0.438. The average Bonchev–Trinajstić information content (AvgIpc) is 3.15. The highest BCUT2D eigenvalue weighted by molar-refractivity contribution is 5.96. The van der Waals surface area contributed by atoms with Crippen molar-refractivity contribution in [1.82, 2.24) is 20.3 Å². The van der Waals surface area contributed by atoms with Gasteiger partial charge in [-0.25, -0.2) is 0 Å². The fourth-order valence-corrected chi connectivity index (χ4v) is 2.77. The average molecular weight is 315 g/mol. The number of nitrogens with one attached hydrogen (secondary N) is 1. The van der Waals surface area contributed by atoms with Crippen LogP contribution >= 0.6 is 0 Å². The summed E-state index contributed by atoms with van der Waals surface area (Å²) < 4.78 is 6.98. The van der Waals surface area contributed by atoms with Gasteiger partial charge in [-0.2, -0.15) is 4.68 Å². The monoisotopic (exact) mass is 315 g/mol. The first kappa shape index (κ1) is 15.5. The lowest BCUT2D eigenvalue weighted by Crippen LogP contribution is -2.32. The number of ether oxygens (including phenoxy) is 1. The van der Waals surface area contributed by atoms with Gasteiger partial charge >= 0.3 is 0 Å². The van der Waals surface area contributed by atoms with Crippen molar-refractivity contribution >= 4 is 11.7 Å². The van der Waals surface area contributed by atoms with E-state index < -0.39 is 0 Å². The number of carbonyl (C=O) groups is 1. The number of amides is 1. The molecule has 0 unspecified atom stereocenters. The van der Waals surface area contributed by atoms with E-state index in [0.717, 1.165) is 36.3 Å². The molecule has 1 amide bonds. The molecular formula is C16H21N5O2. The lowest BCUT2D eigenvalue weighted by molar-refractivity contribution is 0.0854. The maximum absolute atomic E-state index is 12.2. The van der Waals surface area contributed by atoms with E-state index in [1.807, 2.05) is 32.0 Å². The number of benzene rings is 1. The third-order valence-corrected chi connectivity index (χ3v) is 4.01. The van der Waals surface area contributed by atoms with Crippen molar-refractivity contribution in [2.45, 2.75) is 32.8 Å². The lowest BCUT2D eigenvalue weighted by atomic mass is 10.1. The minimum absolute atomic E-state index is 0.0783. The molecule has 1 aliphatic heterocycles. The van der Waals surface area contributed by atoms with Crippen molar-refractivity contribution < 1.29 is 9.53 Å². The molecule has 0 aliphatic carbocycles. The number of nitrogens with zero attached hydrogens (tertiary/aromatic N) is 3. The van der Waals surface area contributed by atoms with Crippen LogP contribution in [0.25, 0.3) is 5.69 Å². The van der Waals surface area contributed by atoms with E-state index in [2.05, 4.69) is 15.6 Å². The molecular weight excluding hydrogens is 294 g/mol. The zero-order valence-corrected chi connectivity index (χ0v) is 13.4. The molecule has 1 atom stereocenters. The molecule has 7 nitrogen and oxygen atoms in total. The Bertz CT molecular complexity index is 719. The molecule has 1 aliphatic rings. The Balaban J connectivity index is 1.77. The van der Waals surface area contributed by atoms with Gasteiger partial charge in [0.15, 0.2) is 11.5 Å². The van der Waals surface area contributed by atoms with Crippen LogP contribution in [-0.4, -0.2) is 40.2 Å². The molecule has 1 aromatic heterocycles. The lowest BCUT2D eigenvalue weighted by Gasteiger charge is -2.10. The summed E-state index contributed by atoms with van der Waals surface area (Å²) in [5.74, 6) is -0.0872. The van der Waals surface area contributed by atoms with Crippen LogP contribution in [0.15, 0.2) is 18.2 Å². The molecule has 7 heteroatoms. The quantitative estimate of drug-likeness (QED) is 0.888. The number of rotatable bonds is 4. The number of anilines is 1. The summed E-state index contributed by atoms with van der Waals surface area (Å²) in [5.41, 5.74) is 9.21. The molecule has 0 radical (unpaired) electrons. The van der Waals surface area contributed by atoms with E-state index >= 15 is 0 Å². The highest BCUT2D eigenvalue weighted by Crippen LogP contribution is 2.19. The summed E-state index contributed by atoms with van der Waals surface area (Å²) in [7, 11) is 0. The van der Waals surface area contributed by atoms with Crippen molar-refractivity contribution in [1.29, 1.82) is 0 Å². The molecule has 0 bridgehead atoms. The summed E-state index contributed by atoms with van der Waals surface area (Å²) in [6, 6.07) is 5.93. The van der Waals surface area contributed by atoms with Gasteiger partial charge in [0, 0.05) is 13.2 Å².